The minimum absolute atomic E-state index is 0.0232. The summed E-state index contributed by atoms with van der Waals surface area (Å²) in [5.41, 5.74) is -5.45. The first-order chi connectivity index (χ1) is 11.1. The quantitative estimate of drug-likeness (QED) is 0.809. The first-order valence-corrected chi connectivity index (χ1v) is 8.22. The summed E-state index contributed by atoms with van der Waals surface area (Å²) < 4.78 is 59.7. The number of sulfone groups is 1. The van der Waals surface area contributed by atoms with Gasteiger partial charge < -0.3 is 5.32 Å². The van der Waals surface area contributed by atoms with Crippen molar-refractivity contribution < 1.29 is 31.2 Å². The zero-order chi connectivity index (χ0) is 18.1. The molecule has 1 aromatic carbocycles. The molecule has 1 N–H and O–H groups in total. The van der Waals surface area contributed by atoms with Crippen molar-refractivity contribution in [2.75, 3.05) is 5.32 Å². The smallest absolute Gasteiger partial charge is 0.325 e. The molecule has 1 fully saturated rings. The van der Waals surface area contributed by atoms with E-state index in [9.17, 15) is 31.2 Å². The molecule has 128 valence electrons. The predicted octanol–water partition coefficient (Wildman–Crippen LogP) is 2.04. The third kappa shape index (κ3) is 3.56. The van der Waals surface area contributed by atoms with Gasteiger partial charge in [-0.15, -0.1) is 0 Å². The number of nitrogens with zero attached hydrogens (tertiary/aromatic N) is 1. The number of Topliss-reactive ketones (excluding diaryl/α,β-unsaturated/α-hetero) is 1. The molecular formula is C14H11F3N2O4S. The van der Waals surface area contributed by atoms with E-state index in [0.717, 1.165) is 12.1 Å². The highest BCUT2D eigenvalue weighted by Gasteiger charge is 2.46. The van der Waals surface area contributed by atoms with E-state index in [4.69, 9.17) is 5.26 Å². The van der Waals surface area contributed by atoms with Gasteiger partial charge in [-0.3, -0.25) is 9.59 Å². The minimum Gasteiger partial charge on any atom is -0.325 e. The average Bonchev–Trinajstić information content (AvgIpc) is 3.31. The number of nitrogens with one attached hydrogen (secondary N) is 1. The maximum Gasteiger partial charge on any atom is 0.501 e. The Balaban J connectivity index is 2.13. The van der Waals surface area contributed by atoms with Gasteiger partial charge in [0.1, 0.15) is 0 Å². The van der Waals surface area contributed by atoms with Crippen molar-refractivity contribution in [3.8, 4) is 6.07 Å². The standard InChI is InChI=1S/C14H11F3N2O4S/c15-14(16,17)24(22,23)10-5-3-9(4-6-10)19-13(21)11(7-18)12(20)8-1-2-8/h3-6,8,11H,1-2H2,(H,19,21). The van der Waals surface area contributed by atoms with Gasteiger partial charge in [-0.2, -0.15) is 18.4 Å². The second-order valence-electron chi connectivity index (χ2n) is 5.20. The van der Waals surface area contributed by atoms with Crippen molar-refractivity contribution in [2.45, 2.75) is 23.2 Å². The lowest BCUT2D eigenvalue weighted by molar-refractivity contribution is -0.129. The van der Waals surface area contributed by atoms with Crippen molar-refractivity contribution in [3.05, 3.63) is 24.3 Å². The molecule has 24 heavy (non-hydrogen) atoms. The van der Waals surface area contributed by atoms with Crippen LogP contribution >= 0.6 is 0 Å². The van der Waals surface area contributed by atoms with Crippen LogP contribution in [0.3, 0.4) is 0 Å². The maximum absolute atomic E-state index is 12.4. The van der Waals surface area contributed by atoms with E-state index in [1.165, 1.54) is 0 Å². The Labute approximate surface area is 135 Å². The number of halogens is 3. The number of anilines is 1. The molecule has 1 atom stereocenters. The molecule has 10 heteroatoms. The number of alkyl halides is 3. The molecule has 0 heterocycles. The Morgan fingerprint density at radius 3 is 2.17 bits per heavy atom. The lowest BCUT2D eigenvalue weighted by Crippen LogP contribution is -2.29. The van der Waals surface area contributed by atoms with Crippen LogP contribution in [-0.4, -0.2) is 25.6 Å². The van der Waals surface area contributed by atoms with Crippen LogP contribution < -0.4 is 5.32 Å². The van der Waals surface area contributed by atoms with Crippen LogP contribution in [0.5, 0.6) is 0 Å². The molecular weight excluding hydrogens is 349 g/mol. The van der Waals surface area contributed by atoms with Gasteiger partial charge in [-0.25, -0.2) is 8.42 Å². The van der Waals surface area contributed by atoms with Gasteiger partial charge in [0, 0.05) is 11.6 Å². The molecule has 1 aliphatic rings. The number of carbonyl (C=O) groups excluding carboxylic acids is 2. The lowest BCUT2D eigenvalue weighted by Gasteiger charge is -2.11. The van der Waals surface area contributed by atoms with Crippen LogP contribution in [0, 0.1) is 23.2 Å². The third-order valence-electron chi connectivity index (χ3n) is 3.39. The molecule has 0 bridgehead atoms. The van der Waals surface area contributed by atoms with E-state index in [1.807, 2.05) is 0 Å². The molecule has 0 spiro atoms. The summed E-state index contributed by atoms with van der Waals surface area (Å²) in [6.07, 6.45) is 1.24. The highest BCUT2D eigenvalue weighted by Crippen LogP contribution is 2.33. The first kappa shape index (κ1) is 17.9. The van der Waals surface area contributed by atoms with Crippen LogP contribution in [0.25, 0.3) is 0 Å². The highest BCUT2D eigenvalue weighted by molar-refractivity contribution is 7.92. The number of amides is 1. The Kier molecular flexibility index (Phi) is 4.66. The van der Waals surface area contributed by atoms with Crippen LogP contribution in [-0.2, 0) is 19.4 Å². The van der Waals surface area contributed by atoms with Crippen LogP contribution in [0.1, 0.15) is 12.8 Å². The van der Waals surface area contributed by atoms with Crippen molar-refractivity contribution in [1.82, 2.24) is 0 Å². The van der Waals surface area contributed by atoms with Gasteiger partial charge in [0.25, 0.3) is 9.84 Å². The topological polar surface area (TPSA) is 104 Å². The van der Waals surface area contributed by atoms with E-state index in [0.29, 0.717) is 25.0 Å². The first-order valence-electron chi connectivity index (χ1n) is 6.73. The number of hydrogen-bond acceptors (Lipinski definition) is 5. The van der Waals surface area contributed by atoms with Crippen molar-refractivity contribution in [2.24, 2.45) is 11.8 Å². The highest BCUT2D eigenvalue weighted by atomic mass is 32.2. The molecule has 1 unspecified atom stereocenters. The molecule has 6 nitrogen and oxygen atoms in total. The van der Waals surface area contributed by atoms with Crippen LogP contribution in [0.15, 0.2) is 29.2 Å². The van der Waals surface area contributed by atoms with Gasteiger partial charge in [0.2, 0.25) is 5.91 Å². The second-order valence-corrected chi connectivity index (χ2v) is 7.14. The van der Waals surface area contributed by atoms with E-state index < -0.39 is 37.8 Å². The fourth-order valence-electron chi connectivity index (χ4n) is 1.92. The van der Waals surface area contributed by atoms with Crippen molar-refractivity contribution in [1.29, 1.82) is 5.26 Å². The number of ketones is 1. The summed E-state index contributed by atoms with van der Waals surface area (Å²) >= 11 is 0. The van der Waals surface area contributed by atoms with Crippen LogP contribution in [0.2, 0.25) is 0 Å². The lowest BCUT2D eigenvalue weighted by atomic mass is 10.0. The van der Waals surface area contributed by atoms with Gasteiger partial charge >= 0.3 is 5.51 Å². The van der Waals surface area contributed by atoms with Gasteiger partial charge in [0.15, 0.2) is 11.7 Å². The van der Waals surface area contributed by atoms with Gasteiger partial charge in [0.05, 0.1) is 11.0 Å². The summed E-state index contributed by atoms with van der Waals surface area (Å²) in [7, 11) is -5.48. The number of hydrogen-bond donors (Lipinski definition) is 1. The minimum atomic E-state index is -5.48. The van der Waals surface area contributed by atoms with E-state index >= 15 is 0 Å². The van der Waals surface area contributed by atoms with Crippen LogP contribution in [0.4, 0.5) is 18.9 Å². The number of nitriles is 1. The molecule has 0 saturated heterocycles. The number of carbonyl (C=O) groups is 2. The molecule has 0 aliphatic heterocycles. The monoisotopic (exact) mass is 360 g/mol. The number of rotatable bonds is 5. The summed E-state index contributed by atoms with van der Waals surface area (Å²) in [5.74, 6) is -3.21. The zero-order valence-corrected chi connectivity index (χ0v) is 12.8. The van der Waals surface area contributed by atoms with E-state index in [1.54, 1.807) is 6.07 Å². The maximum atomic E-state index is 12.4. The molecule has 0 aromatic heterocycles. The largest absolute Gasteiger partial charge is 0.501 e. The Hall–Kier alpha value is -2.41. The Morgan fingerprint density at radius 2 is 1.75 bits per heavy atom. The fraction of sp³-hybridized carbons (Fsp3) is 0.357. The molecule has 1 aromatic rings. The zero-order valence-electron chi connectivity index (χ0n) is 12.0. The second kappa shape index (κ2) is 6.24. The normalized spacial score (nSPS) is 16.1. The number of benzene rings is 1. The summed E-state index contributed by atoms with van der Waals surface area (Å²) in [6.45, 7) is 0. The van der Waals surface area contributed by atoms with Gasteiger partial charge in [-0.1, -0.05) is 0 Å². The Bertz CT molecular complexity index is 806. The molecule has 1 saturated carbocycles. The molecule has 2 rings (SSSR count). The van der Waals surface area contributed by atoms with E-state index in [2.05, 4.69) is 5.32 Å². The summed E-state index contributed by atoms with van der Waals surface area (Å²) in [6, 6.07) is 4.86. The fourth-order valence-corrected chi connectivity index (χ4v) is 2.68. The van der Waals surface area contributed by atoms with Gasteiger partial charge in [-0.05, 0) is 37.1 Å². The molecule has 0 radical (unpaired) electrons. The van der Waals surface area contributed by atoms with Crippen molar-refractivity contribution >= 4 is 27.2 Å². The summed E-state index contributed by atoms with van der Waals surface area (Å²) in [5, 5.41) is 11.1. The third-order valence-corrected chi connectivity index (χ3v) is 4.89. The Morgan fingerprint density at radius 1 is 1.21 bits per heavy atom. The predicted molar refractivity (Wildman–Crippen MR) is 75.1 cm³/mol. The molecule has 1 aliphatic carbocycles. The SMILES string of the molecule is N#CC(C(=O)Nc1ccc(S(=O)(=O)C(F)(F)F)cc1)C(=O)C1CC1. The average molecular weight is 360 g/mol. The molecule has 1 amide bonds. The van der Waals surface area contributed by atoms with E-state index in [-0.39, 0.29) is 11.6 Å². The van der Waals surface area contributed by atoms with Crippen molar-refractivity contribution in [3.63, 3.8) is 0 Å². The summed E-state index contributed by atoms with van der Waals surface area (Å²) in [4.78, 5) is 22.7.